The summed E-state index contributed by atoms with van der Waals surface area (Å²) in [6.07, 6.45) is 0. The minimum absolute atomic E-state index is 0.859. The fourth-order valence-electron chi connectivity index (χ4n) is 1.44. The van der Waals surface area contributed by atoms with Crippen LogP contribution >= 0.6 is 0 Å². The molecule has 0 bridgehead atoms. The molecule has 0 aliphatic rings. The maximum atomic E-state index is 5.24. The molecule has 1 aromatic heterocycles. The second-order valence-electron chi connectivity index (χ2n) is 2.97. The Labute approximate surface area is 82.7 Å². The van der Waals surface area contributed by atoms with Crippen molar-refractivity contribution in [2.75, 3.05) is 19.5 Å². The Hall–Kier alpha value is -1.77. The Bertz CT molecular complexity index is 454. The van der Waals surface area contributed by atoms with Gasteiger partial charge >= 0.3 is 0 Å². The molecule has 1 aromatic carbocycles. The van der Waals surface area contributed by atoms with E-state index >= 15 is 0 Å². The molecule has 3 nitrogen and oxygen atoms in total. The van der Waals surface area contributed by atoms with Gasteiger partial charge in [-0.2, -0.15) is 0 Å². The number of hydrogen-bond acceptors (Lipinski definition) is 3. The van der Waals surface area contributed by atoms with Gasteiger partial charge in [-0.05, 0) is 24.3 Å². The zero-order chi connectivity index (χ0) is 9.97. The summed E-state index contributed by atoms with van der Waals surface area (Å²) in [4.78, 5) is 4.41. The molecule has 0 amide bonds. The fraction of sp³-hybridized carbons (Fsp3) is 0.182. The number of rotatable bonds is 2. The van der Waals surface area contributed by atoms with Gasteiger partial charge in [-0.3, -0.25) is 0 Å². The van der Waals surface area contributed by atoms with Gasteiger partial charge < -0.3 is 10.1 Å². The Balaban J connectivity index is 2.67. The molecule has 0 fully saturated rings. The topological polar surface area (TPSA) is 34.1 Å². The smallest absolute Gasteiger partial charge is 0.128 e. The number of nitrogens with zero attached hydrogens (tertiary/aromatic N) is 1. The number of hydrogen-bond donors (Lipinski definition) is 1. The molecule has 0 unspecified atom stereocenters. The van der Waals surface area contributed by atoms with Gasteiger partial charge in [-0.1, -0.05) is 6.07 Å². The van der Waals surface area contributed by atoms with Crippen molar-refractivity contribution in [2.45, 2.75) is 0 Å². The summed E-state index contributed by atoms with van der Waals surface area (Å²) in [5, 5.41) is 4.04. The number of fused-ring (bicyclic) bond motifs is 1. The molecule has 0 aliphatic carbocycles. The molecule has 1 heterocycles. The lowest BCUT2D eigenvalue weighted by atomic mass is 10.2. The highest BCUT2D eigenvalue weighted by atomic mass is 16.5. The van der Waals surface area contributed by atoms with E-state index in [-0.39, 0.29) is 0 Å². The third kappa shape index (κ3) is 1.37. The van der Waals surface area contributed by atoms with E-state index < -0.39 is 0 Å². The van der Waals surface area contributed by atoms with Crippen molar-refractivity contribution in [1.29, 1.82) is 0 Å². The van der Waals surface area contributed by atoms with Crippen LogP contribution < -0.4 is 10.1 Å². The van der Waals surface area contributed by atoms with E-state index in [0.717, 1.165) is 22.5 Å². The first-order valence-electron chi connectivity index (χ1n) is 4.46. The first-order chi connectivity index (χ1) is 6.85. The predicted octanol–water partition coefficient (Wildman–Crippen LogP) is 2.29. The summed E-state index contributed by atoms with van der Waals surface area (Å²) in [7, 11) is 3.52. The highest BCUT2D eigenvalue weighted by Crippen LogP contribution is 2.24. The zero-order valence-corrected chi connectivity index (χ0v) is 8.24. The van der Waals surface area contributed by atoms with E-state index in [9.17, 15) is 0 Å². The molecule has 0 saturated carbocycles. The van der Waals surface area contributed by atoms with Crippen LogP contribution in [0, 0.1) is 0 Å². The lowest BCUT2D eigenvalue weighted by Gasteiger charge is -2.05. The van der Waals surface area contributed by atoms with E-state index in [1.165, 1.54) is 0 Å². The largest absolute Gasteiger partial charge is 0.496 e. The van der Waals surface area contributed by atoms with Crippen molar-refractivity contribution >= 4 is 16.7 Å². The number of pyridine rings is 1. The maximum absolute atomic E-state index is 5.24. The highest BCUT2D eigenvalue weighted by molar-refractivity contribution is 5.86. The Morgan fingerprint density at radius 2 is 2.07 bits per heavy atom. The zero-order valence-electron chi connectivity index (χ0n) is 8.24. The molecule has 0 spiro atoms. The fourth-order valence-corrected chi connectivity index (χ4v) is 1.44. The number of ether oxygens (including phenoxy) is 1. The van der Waals surface area contributed by atoms with E-state index in [2.05, 4.69) is 10.3 Å². The van der Waals surface area contributed by atoms with Gasteiger partial charge in [-0.15, -0.1) is 0 Å². The number of benzene rings is 1. The van der Waals surface area contributed by atoms with Gasteiger partial charge in [-0.25, -0.2) is 4.98 Å². The first kappa shape index (κ1) is 8.81. The first-order valence-corrected chi connectivity index (χ1v) is 4.46. The molecule has 2 rings (SSSR count). The number of methoxy groups -OCH3 is 1. The van der Waals surface area contributed by atoms with Crippen molar-refractivity contribution in [2.24, 2.45) is 0 Å². The minimum Gasteiger partial charge on any atom is -0.496 e. The summed E-state index contributed by atoms with van der Waals surface area (Å²) in [6.45, 7) is 0. The average molecular weight is 188 g/mol. The summed E-state index contributed by atoms with van der Waals surface area (Å²) in [6, 6.07) is 9.78. The summed E-state index contributed by atoms with van der Waals surface area (Å²) < 4.78 is 5.24. The van der Waals surface area contributed by atoms with Crippen LogP contribution in [-0.4, -0.2) is 19.1 Å². The van der Waals surface area contributed by atoms with Gasteiger partial charge in [0, 0.05) is 12.4 Å². The lowest BCUT2D eigenvalue weighted by Crippen LogP contribution is -1.92. The molecule has 2 aromatic rings. The monoisotopic (exact) mass is 188 g/mol. The molecule has 0 aliphatic heterocycles. The molecule has 14 heavy (non-hydrogen) atoms. The SMILES string of the molecule is CNc1ccc2c(OC)cccc2n1. The van der Waals surface area contributed by atoms with Crippen molar-refractivity contribution < 1.29 is 4.74 Å². The van der Waals surface area contributed by atoms with Crippen LogP contribution in [-0.2, 0) is 0 Å². The number of aromatic nitrogens is 1. The normalized spacial score (nSPS) is 10.1. The lowest BCUT2D eigenvalue weighted by molar-refractivity contribution is 0.420. The van der Waals surface area contributed by atoms with Gasteiger partial charge in [0.1, 0.15) is 11.6 Å². The third-order valence-electron chi connectivity index (χ3n) is 2.17. The second kappa shape index (κ2) is 3.54. The van der Waals surface area contributed by atoms with Gasteiger partial charge in [0.05, 0.1) is 12.6 Å². The van der Waals surface area contributed by atoms with Gasteiger partial charge in [0.15, 0.2) is 0 Å². The van der Waals surface area contributed by atoms with Crippen LogP contribution in [0.15, 0.2) is 30.3 Å². The Kier molecular flexibility index (Phi) is 2.23. The van der Waals surface area contributed by atoms with E-state index in [4.69, 9.17) is 4.74 Å². The maximum Gasteiger partial charge on any atom is 0.128 e. The molecule has 72 valence electrons. The third-order valence-corrected chi connectivity index (χ3v) is 2.17. The van der Waals surface area contributed by atoms with Crippen molar-refractivity contribution in [3.8, 4) is 5.75 Å². The Morgan fingerprint density at radius 3 is 2.79 bits per heavy atom. The molecule has 0 atom stereocenters. The van der Waals surface area contributed by atoms with Crippen LogP contribution in [0.1, 0.15) is 0 Å². The average Bonchev–Trinajstić information content (AvgIpc) is 2.27. The second-order valence-corrected chi connectivity index (χ2v) is 2.97. The van der Waals surface area contributed by atoms with Crippen molar-refractivity contribution in [3.63, 3.8) is 0 Å². The molecule has 3 heteroatoms. The van der Waals surface area contributed by atoms with E-state index in [1.54, 1.807) is 7.11 Å². The number of nitrogens with one attached hydrogen (secondary N) is 1. The van der Waals surface area contributed by atoms with Crippen LogP contribution in [0.3, 0.4) is 0 Å². The standard InChI is InChI=1S/C11H12N2O/c1-12-11-7-6-8-9(13-11)4-3-5-10(8)14-2/h3-7H,1-2H3,(H,12,13). The van der Waals surface area contributed by atoms with Crippen molar-refractivity contribution in [3.05, 3.63) is 30.3 Å². The van der Waals surface area contributed by atoms with Crippen LogP contribution in [0.25, 0.3) is 10.9 Å². The van der Waals surface area contributed by atoms with E-state index in [1.807, 2.05) is 37.4 Å². The molecule has 0 saturated heterocycles. The quantitative estimate of drug-likeness (QED) is 0.785. The van der Waals surface area contributed by atoms with Crippen LogP contribution in [0.4, 0.5) is 5.82 Å². The Morgan fingerprint density at radius 1 is 1.21 bits per heavy atom. The summed E-state index contributed by atoms with van der Waals surface area (Å²) in [5.41, 5.74) is 0.941. The molecular weight excluding hydrogens is 176 g/mol. The molecular formula is C11H12N2O. The summed E-state index contributed by atoms with van der Waals surface area (Å²) >= 11 is 0. The highest BCUT2D eigenvalue weighted by Gasteiger charge is 2.01. The molecule has 0 radical (unpaired) electrons. The van der Waals surface area contributed by atoms with Crippen LogP contribution in [0.2, 0.25) is 0 Å². The van der Waals surface area contributed by atoms with Gasteiger partial charge in [0.2, 0.25) is 0 Å². The van der Waals surface area contributed by atoms with Crippen molar-refractivity contribution in [1.82, 2.24) is 4.98 Å². The van der Waals surface area contributed by atoms with E-state index in [0.29, 0.717) is 0 Å². The minimum atomic E-state index is 0.859. The summed E-state index contributed by atoms with van der Waals surface area (Å²) in [5.74, 6) is 1.73. The van der Waals surface area contributed by atoms with Crippen LogP contribution in [0.5, 0.6) is 5.75 Å². The molecule has 1 N–H and O–H groups in total. The number of anilines is 1. The predicted molar refractivity (Wildman–Crippen MR) is 57.8 cm³/mol. The van der Waals surface area contributed by atoms with Gasteiger partial charge in [0.25, 0.3) is 0 Å².